The van der Waals surface area contributed by atoms with Gasteiger partial charge in [0.15, 0.2) is 8.38 Å². The predicted octanol–water partition coefficient (Wildman–Crippen LogP) is 0.295. The van der Waals surface area contributed by atoms with Crippen LogP contribution in [-0.4, -0.2) is 24.5 Å². The highest BCUT2D eigenvalue weighted by Gasteiger charge is 2.09. The number of hydrogen-bond acceptors (Lipinski definition) is 3. The standard InChI is InChI=1S/C3H7O3P/c4-7-3-5-1-2-6-7/h4H,1-3H2. The summed E-state index contributed by atoms with van der Waals surface area (Å²) in [5, 5.41) is 0. The lowest BCUT2D eigenvalue weighted by atomic mass is 10.8. The van der Waals surface area contributed by atoms with Crippen LogP contribution in [0.3, 0.4) is 0 Å². The summed E-state index contributed by atoms with van der Waals surface area (Å²) >= 11 is 0. The third kappa shape index (κ3) is 1.70. The van der Waals surface area contributed by atoms with E-state index in [1.807, 2.05) is 0 Å². The van der Waals surface area contributed by atoms with Crippen LogP contribution in [0, 0.1) is 0 Å². The van der Waals surface area contributed by atoms with E-state index in [9.17, 15) is 0 Å². The van der Waals surface area contributed by atoms with Gasteiger partial charge < -0.3 is 14.2 Å². The largest absolute Gasteiger partial charge is 0.370 e. The Balaban J connectivity index is 2.12. The summed E-state index contributed by atoms with van der Waals surface area (Å²) in [5.41, 5.74) is 0. The van der Waals surface area contributed by atoms with E-state index in [0.717, 1.165) is 0 Å². The molecule has 42 valence electrons. The molecule has 3 nitrogen and oxygen atoms in total. The van der Waals surface area contributed by atoms with Crippen molar-refractivity contribution < 1.29 is 14.2 Å². The van der Waals surface area contributed by atoms with Gasteiger partial charge >= 0.3 is 0 Å². The third-order valence-electron chi connectivity index (χ3n) is 0.670. The SMILES string of the molecule is OP1COCCO1. The van der Waals surface area contributed by atoms with Gasteiger partial charge in [-0.25, -0.2) is 0 Å². The van der Waals surface area contributed by atoms with E-state index in [0.29, 0.717) is 19.6 Å². The molecular weight excluding hydrogens is 115 g/mol. The summed E-state index contributed by atoms with van der Waals surface area (Å²) in [5.74, 6) is 0. The highest BCUT2D eigenvalue weighted by atomic mass is 31.2. The highest BCUT2D eigenvalue weighted by Crippen LogP contribution is 2.32. The topological polar surface area (TPSA) is 38.7 Å². The second-order valence-electron chi connectivity index (χ2n) is 1.22. The highest BCUT2D eigenvalue weighted by molar-refractivity contribution is 7.45. The van der Waals surface area contributed by atoms with E-state index in [2.05, 4.69) is 0 Å². The van der Waals surface area contributed by atoms with Gasteiger partial charge in [-0.05, 0) is 0 Å². The monoisotopic (exact) mass is 122 g/mol. The Labute approximate surface area is 43.2 Å². The van der Waals surface area contributed by atoms with Crippen LogP contribution < -0.4 is 0 Å². The van der Waals surface area contributed by atoms with E-state index in [1.54, 1.807) is 0 Å². The minimum atomic E-state index is -1.21. The van der Waals surface area contributed by atoms with Crippen LogP contribution >= 0.6 is 8.38 Å². The minimum Gasteiger partial charge on any atom is -0.370 e. The van der Waals surface area contributed by atoms with Crippen molar-refractivity contribution in [2.75, 3.05) is 19.6 Å². The van der Waals surface area contributed by atoms with Crippen LogP contribution in [0.25, 0.3) is 0 Å². The first-order valence-electron chi connectivity index (χ1n) is 2.06. The molecule has 0 radical (unpaired) electrons. The van der Waals surface area contributed by atoms with Crippen LogP contribution in [0.1, 0.15) is 0 Å². The Morgan fingerprint density at radius 3 is 2.57 bits per heavy atom. The molecule has 0 aromatic rings. The van der Waals surface area contributed by atoms with Gasteiger partial charge in [-0.15, -0.1) is 0 Å². The van der Waals surface area contributed by atoms with Gasteiger partial charge in [0.2, 0.25) is 0 Å². The third-order valence-corrected chi connectivity index (χ3v) is 1.55. The van der Waals surface area contributed by atoms with Gasteiger partial charge in [0.05, 0.1) is 13.2 Å². The van der Waals surface area contributed by atoms with Crippen LogP contribution in [-0.2, 0) is 9.26 Å². The van der Waals surface area contributed by atoms with Gasteiger partial charge in [-0.3, -0.25) is 0 Å². The first-order chi connectivity index (χ1) is 3.39. The molecule has 4 heteroatoms. The zero-order chi connectivity index (χ0) is 5.11. The molecule has 0 saturated carbocycles. The fraction of sp³-hybridized carbons (Fsp3) is 1.00. The molecule has 0 aromatic heterocycles. The van der Waals surface area contributed by atoms with Crippen LogP contribution in [0.15, 0.2) is 0 Å². The maximum atomic E-state index is 8.63. The van der Waals surface area contributed by atoms with Crippen LogP contribution in [0.2, 0.25) is 0 Å². The zero-order valence-electron chi connectivity index (χ0n) is 3.83. The summed E-state index contributed by atoms with van der Waals surface area (Å²) in [7, 11) is -1.21. The molecular formula is C3H7O3P. The molecule has 1 atom stereocenters. The van der Waals surface area contributed by atoms with Gasteiger partial charge in [0.25, 0.3) is 0 Å². The van der Waals surface area contributed by atoms with Crippen molar-refractivity contribution in [3.05, 3.63) is 0 Å². The molecule has 1 N–H and O–H groups in total. The molecule has 0 bridgehead atoms. The smallest absolute Gasteiger partial charge is 0.195 e. The van der Waals surface area contributed by atoms with Crippen molar-refractivity contribution in [3.63, 3.8) is 0 Å². The van der Waals surface area contributed by atoms with Crippen molar-refractivity contribution in [2.24, 2.45) is 0 Å². The molecule has 1 fully saturated rings. The average Bonchev–Trinajstić information content (AvgIpc) is 1.69. The van der Waals surface area contributed by atoms with E-state index >= 15 is 0 Å². The minimum absolute atomic E-state index is 0.384. The lowest BCUT2D eigenvalue weighted by molar-refractivity contribution is 0.0898. The number of rotatable bonds is 0. The quantitative estimate of drug-likeness (QED) is 0.469. The fourth-order valence-electron chi connectivity index (χ4n) is 0.381. The van der Waals surface area contributed by atoms with Crippen LogP contribution in [0.5, 0.6) is 0 Å². The van der Waals surface area contributed by atoms with Crippen molar-refractivity contribution in [1.29, 1.82) is 0 Å². The molecule has 0 spiro atoms. The molecule has 7 heavy (non-hydrogen) atoms. The maximum Gasteiger partial charge on any atom is 0.195 e. The molecule has 0 aliphatic carbocycles. The average molecular weight is 122 g/mol. The van der Waals surface area contributed by atoms with Crippen molar-refractivity contribution in [1.82, 2.24) is 0 Å². The molecule has 1 saturated heterocycles. The van der Waals surface area contributed by atoms with Crippen molar-refractivity contribution >= 4 is 8.38 Å². The Morgan fingerprint density at radius 1 is 1.43 bits per heavy atom. The summed E-state index contributed by atoms with van der Waals surface area (Å²) in [6, 6.07) is 0. The molecule has 1 rings (SSSR count). The molecule has 1 unspecified atom stereocenters. The molecule has 1 heterocycles. The van der Waals surface area contributed by atoms with Crippen molar-refractivity contribution in [3.8, 4) is 0 Å². The Morgan fingerprint density at radius 2 is 2.29 bits per heavy atom. The normalized spacial score (nSPS) is 33.0. The molecule has 1 aliphatic rings. The van der Waals surface area contributed by atoms with E-state index in [-0.39, 0.29) is 0 Å². The summed E-state index contributed by atoms with van der Waals surface area (Å²) in [4.78, 5) is 8.63. The second kappa shape index (κ2) is 2.58. The number of ether oxygens (including phenoxy) is 1. The second-order valence-corrected chi connectivity index (χ2v) is 2.44. The van der Waals surface area contributed by atoms with E-state index < -0.39 is 8.38 Å². The Kier molecular flexibility index (Phi) is 2.00. The van der Waals surface area contributed by atoms with Crippen LogP contribution in [0.4, 0.5) is 0 Å². The first-order valence-corrected chi connectivity index (χ1v) is 3.46. The van der Waals surface area contributed by atoms with E-state index in [1.165, 1.54) is 0 Å². The Hall–Kier alpha value is 0.310. The molecule has 1 aliphatic heterocycles. The summed E-state index contributed by atoms with van der Waals surface area (Å²) in [6.45, 7) is 1.17. The summed E-state index contributed by atoms with van der Waals surface area (Å²) < 4.78 is 9.61. The predicted molar refractivity (Wildman–Crippen MR) is 25.9 cm³/mol. The van der Waals surface area contributed by atoms with Crippen molar-refractivity contribution in [2.45, 2.75) is 0 Å². The van der Waals surface area contributed by atoms with E-state index in [4.69, 9.17) is 14.2 Å². The first kappa shape index (κ1) is 5.45. The molecule has 0 aromatic carbocycles. The van der Waals surface area contributed by atoms with Gasteiger partial charge in [-0.2, -0.15) is 0 Å². The maximum absolute atomic E-state index is 8.63. The lowest BCUT2D eigenvalue weighted by Crippen LogP contribution is -2.09. The zero-order valence-corrected chi connectivity index (χ0v) is 4.73. The Bertz CT molecular complexity index is 52.1. The lowest BCUT2D eigenvalue weighted by Gasteiger charge is -2.15. The van der Waals surface area contributed by atoms with Gasteiger partial charge in [0, 0.05) is 0 Å². The summed E-state index contributed by atoms with van der Waals surface area (Å²) in [6.07, 6.45) is 0.384. The number of hydrogen-bond donors (Lipinski definition) is 1. The van der Waals surface area contributed by atoms with Gasteiger partial charge in [0.1, 0.15) is 6.35 Å². The van der Waals surface area contributed by atoms with Gasteiger partial charge in [-0.1, -0.05) is 0 Å². The molecule has 0 amide bonds. The fourth-order valence-corrected chi connectivity index (χ4v) is 1.03.